The molecule has 140 valence electrons. The molecule has 5 rings (SSSR count). The highest BCUT2D eigenvalue weighted by Gasteiger charge is 2.44. The van der Waals surface area contributed by atoms with Gasteiger partial charge in [-0.05, 0) is 24.0 Å². The Morgan fingerprint density at radius 1 is 1.07 bits per heavy atom. The van der Waals surface area contributed by atoms with Crippen LogP contribution >= 0.6 is 0 Å². The van der Waals surface area contributed by atoms with Gasteiger partial charge >= 0.3 is 0 Å². The summed E-state index contributed by atoms with van der Waals surface area (Å²) >= 11 is 0. The van der Waals surface area contributed by atoms with Crippen LogP contribution in [0.1, 0.15) is 17.2 Å². The predicted octanol–water partition coefficient (Wildman–Crippen LogP) is 2.42. The Bertz CT molecular complexity index is 1050. The van der Waals surface area contributed by atoms with Crippen LogP contribution in [-0.2, 0) is 12.8 Å². The molecule has 2 aromatic heterocycles. The van der Waals surface area contributed by atoms with E-state index in [2.05, 4.69) is 49.7 Å². The smallest absolute Gasteiger partial charge is 0.219 e. The van der Waals surface area contributed by atoms with Crippen LogP contribution in [0.4, 0.5) is 16.2 Å². The van der Waals surface area contributed by atoms with Gasteiger partial charge < -0.3 is 15.2 Å². The molecular weight excluding hydrogens is 355 g/mol. The van der Waals surface area contributed by atoms with E-state index in [1.165, 1.54) is 11.1 Å². The van der Waals surface area contributed by atoms with Crippen molar-refractivity contribution in [2.75, 3.05) is 23.7 Å². The quantitative estimate of drug-likeness (QED) is 0.713. The minimum Gasteiger partial charge on any atom is -0.368 e. The number of alkyl halides is 1. The fourth-order valence-corrected chi connectivity index (χ4v) is 4.14. The van der Waals surface area contributed by atoms with Crippen LogP contribution in [0.2, 0.25) is 0 Å². The van der Waals surface area contributed by atoms with E-state index in [1.54, 1.807) is 18.6 Å². The fourth-order valence-electron chi connectivity index (χ4n) is 4.14. The van der Waals surface area contributed by atoms with Crippen LogP contribution in [0, 0.1) is 12.3 Å². The van der Waals surface area contributed by atoms with Crippen molar-refractivity contribution in [3.63, 3.8) is 0 Å². The second-order valence-corrected chi connectivity index (χ2v) is 7.44. The summed E-state index contributed by atoms with van der Waals surface area (Å²) in [5.41, 5.74) is 7.50. The zero-order valence-corrected chi connectivity index (χ0v) is 15.2. The molecule has 0 bridgehead atoms. The van der Waals surface area contributed by atoms with Gasteiger partial charge in [0, 0.05) is 18.4 Å². The average molecular weight is 374 g/mol. The van der Waals surface area contributed by atoms with E-state index in [4.69, 9.17) is 12.2 Å². The number of anilines is 2. The predicted molar refractivity (Wildman–Crippen MR) is 105 cm³/mol. The van der Waals surface area contributed by atoms with Gasteiger partial charge in [0.15, 0.2) is 0 Å². The number of hydrogen-bond acceptors (Lipinski definition) is 5. The summed E-state index contributed by atoms with van der Waals surface area (Å²) in [6.07, 6.45) is 12.2. The van der Waals surface area contributed by atoms with Gasteiger partial charge in [-0.3, -0.25) is 0 Å². The molecule has 7 heteroatoms. The molecule has 3 aromatic rings. The van der Waals surface area contributed by atoms with Crippen LogP contribution in [0.15, 0.2) is 42.9 Å². The minimum atomic E-state index is -1.57. The third kappa shape index (κ3) is 2.61. The van der Waals surface area contributed by atoms with Crippen LogP contribution in [0.3, 0.4) is 0 Å². The molecule has 0 atom stereocenters. The summed E-state index contributed by atoms with van der Waals surface area (Å²) in [5.74, 6) is 4.09. The number of nitrogen functional groups attached to an aromatic ring is 1. The van der Waals surface area contributed by atoms with Gasteiger partial charge in [-0.2, -0.15) is 0 Å². The Labute approximate surface area is 162 Å². The van der Waals surface area contributed by atoms with Crippen molar-refractivity contribution in [2.45, 2.75) is 24.6 Å². The topological polar surface area (TPSA) is 72.9 Å². The number of terminal acetylenes is 1. The number of fused-ring (bicyclic) bond motifs is 1. The summed E-state index contributed by atoms with van der Waals surface area (Å²) in [6.45, 7) is 0.346. The maximum Gasteiger partial charge on any atom is 0.219 e. The third-order valence-electron chi connectivity index (χ3n) is 5.57. The highest BCUT2D eigenvalue weighted by atomic mass is 19.1. The summed E-state index contributed by atoms with van der Waals surface area (Å²) in [4.78, 5) is 14.8. The third-order valence-corrected chi connectivity index (χ3v) is 5.57. The molecule has 3 heterocycles. The molecule has 6 nitrogen and oxygen atoms in total. The molecule has 28 heavy (non-hydrogen) atoms. The number of rotatable bonds is 3. The molecule has 1 saturated heterocycles. The molecule has 0 unspecified atom stereocenters. The Morgan fingerprint density at radius 2 is 1.71 bits per heavy atom. The van der Waals surface area contributed by atoms with Gasteiger partial charge in [0.1, 0.15) is 11.6 Å². The lowest BCUT2D eigenvalue weighted by atomic mass is 9.98. The van der Waals surface area contributed by atoms with Gasteiger partial charge in [0.2, 0.25) is 11.6 Å². The number of halogens is 1. The van der Waals surface area contributed by atoms with E-state index >= 15 is 0 Å². The molecule has 2 aliphatic rings. The lowest BCUT2D eigenvalue weighted by Crippen LogP contribution is -2.59. The first-order valence-electron chi connectivity index (χ1n) is 9.20. The van der Waals surface area contributed by atoms with Crippen molar-refractivity contribution in [3.05, 3.63) is 54.0 Å². The van der Waals surface area contributed by atoms with E-state index in [0.29, 0.717) is 0 Å². The molecule has 2 N–H and O–H groups in total. The van der Waals surface area contributed by atoms with Crippen molar-refractivity contribution < 1.29 is 4.39 Å². The molecule has 1 aliphatic carbocycles. The van der Waals surface area contributed by atoms with E-state index in [0.717, 1.165) is 30.0 Å². The number of nitrogens with two attached hydrogens (primary N) is 1. The summed E-state index contributed by atoms with van der Waals surface area (Å²) < 4.78 is 16.5. The highest BCUT2D eigenvalue weighted by molar-refractivity contribution is 5.61. The van der Waals surface area contributed by atoms with Gasteiger partial charge in [-0.15, -0.1) is 6.42 Å². The van der Waals surface area contributed by atoms with Crippen LogP contribution in [-0.4, -0.2) is 38.3 Å². The molecule has 0 spiro atoms. The van der Waals surface area contributed by atoms with Crippen molar-refractivity contribution >= 4 is 11.8 Å². The van der Waals surface area contributed by atoms with Crippen LogP contribution in [0.5, 0.6) is 0 Å². The monoisotopic (exact) mass is 374 g/mol. The molecule has 0 amide bonds. The molecule has 0 radical (unpaired) electrons. The Hall–Kier alpha value is -3.40. The second-order valence-electron chi connectivity index (χ2n) is 7.44. The molecular formula is C21H19FN6. The lowest BCUT2D eigenvalue weighted by molar-refractivity contribution is 0.190. The maximum atomic E-state index is 14.3. The highest BCUT2D eigenvalue weighted by Crippen LogP contribution is 2.39. The largest absolute Gasteiger partial charge is 0.368 e. The van der Waals surface area contributed by atoms with E-state index in [9.17, 15) is 4.39 Å². The number of benzene rings is 1. The summed E-state index contributed by atoms with van der Waals surface area (Å²) in [5, 5.41) is 0. The van der Waals surface area contributed by atoms with Gasteiger partial charge in [-0.25, -0.2) is 19.3 Å². The standard InChI is InChI=1S/C21H19FN6/c1-2-21(22)12-27(13-21)18-11-24-19(16-9-25-20(23)26-10-16)28(18)17-7-14-5-3-4-6-15(14)8-17/h1,3-6,9-11,17H,7-8,12-13H2,(H2,23,25,26). The number of nitrogens with zero attached hydrogens (tertiary/aromatic N) is 5. The Kier molecular flexibility index (Phi) is 3.63. The lowest BCUT2D eigenvalue weighted by Gasteiger charge is -2.43. The molecule has 0 saturated carbocycles. The number of hydrogen-bond donors (Lipinski definition) is 1. The summed E-state index contributed by atoms with van der Waals surface area (Å²) in [6, 6.07) is 8.62. The average Bonchev–Trinajstić information content (AvgIpc) is 3.29. The van der Waals surface area contributed by atoms with Gasteiger partial charge in [0.05, 0.1) is 24.8 Å². The molecule has 1 aromatic carbocycles. The van der Waals surface area contributed by atoms with Crippen molar-refractivity contribution in [2.24, 2.45) is 0 Å². The first-order valence-corrected chi connectivity index (χ1v) is 9.20. The zero-order chi connectivity index (χ0) is 19.3. The van der Waals surface area contributed by atoms with E-state index in [1.807, 2.05) is 4.90 Å². The van der Waals surface area contributed by atoms with E-state index < -0.39 is 5.67 Å². The summed E-state index contributed by atoms with van der Waals surface area (Å²) in [7, 11) is 0. The normalized spacial score (nSPS) is 17.8. The van der Waals surface area contributed by atoms with Crippen molar-refractivity contribution in [3.8, 4) is 23.7 Å². The van der Waals surface area contributed by atoms with Crippen LogP contribution in [0.25, 0.3) is 11.4 Å². The Balaban J connectivity index is 1.56. The Morgan fingerprint density at radius 3 is 2.32 bits per heavy atom. The van der Waals surface area contributed by atoms with Crippen molar-refractivity contribution in [1.29, 1.82) is 0 Å². The van der Waals surface area contributed by atoms with Crippen molar-refractivity contribution in [1.82, 2.24) is 19.5 Å². The molecule has 1 fully saturated rings. The number of imidazole rings is 1. The molecule has 1 aliphatic heterocycles. The zero-order valence-electron chi connectivity index (χ0n) is 15.2. The van der Waals surface area contributed by atoms with Gasteiger partial charge in [0.25, 0.3) is 0 Å². The fraction of sp³-hybridized carbons (Fsp3) is 0.286. The van der Waals surface area contributed by atoms with E-state index in [-0.39, 0.29) is 25.1 Å². The van der Waals surface area contributed by atoms with Crippen LogP contribution < -0.4 is 10.6 Å². The first-order chi connectivity index (χ1) is 13.6. The minimum absolute atomic E-state index is 0.173. The first kappa shape index (κ1) is 16.8. The maximum absolute atomic E-state index is 14.3. The number of aromatic nitrogens is 4. The van der Waals surface area contributed by atoms with Gasteiger partial charge in [-0.1, -0.05) is 30.2 Å². The second kappa shape index (κ2) is 6.06. The SMILES string of the molecule is C#CC1(F)CN(c2cnc(-c3cnc(N)nc3)n2C2Cc3ccccc3C2)C1.